The van der Waals surface area contributed by atoms with Crippen molar-refractivity contribution < 1.29 is 10.0 Å². The zero-order valence-corrected chi connectivity index (χ0v) is 11.7. The number of amides is 1. The molecular formula is C15H21N3O2. The number of aryl methyl sites for hydroxylation is 2. The van der Waals surface area contributed by atoms with Gasteiger partial charge in [0, 0.05) is 6.42 Å². The first-order valence-electron chi connectivity index (χ1n) is 6.92. The number of nitrogens with two attached hydrogens (primary N) is 1. The van der Waals surface area contributed by atoms with Gasteiger partial charge in [-0.25, -0.2) is 0 Å². The molecule has 5 nitrogen and oxygen atoms in total. The largest absolute Gasteiger partial charge is 0.409 e. The summed E-state index contributed by atoms with van der Waals surface area (Å²) >= 11 is 0. The van der Waals surface area contributed by atoms with Gasteiger partial charge in [-0.3, -0.25) is 4.79 Å². The van der Waals surface area contributed by atoms with Crippen molar-refractivity contribution in [2.75, 3.05) is 0 Å². The smallest absolute Gasteiger partial charge is 0.220 e. The first kappa shape index (κ1) is 14.4. The van der Waals surface area contributed by atoms with Gasteiger partial charge in [0.1, 0.15) is 0 Å². The molecule has 1 atom stereocenters. The number of oxime groups is 1. The average Bonchev–Trinajstić information content (AvgIpc) is 3.26. The molecule has 20 heavy (non-hydrogen) atoms. The summed E-state index contributed by atoms with van der Waals surface area (Å²) in [5.41, 5.74) is 7.95. The van der Waals surface area contributed by atoms with Crippen molar-refractivity contribution in [3.8, 4) is 0 Å². The van der Waals surface area contributed by atoms with Gasteiger partial charge in [0.25, 0.3) is 0 Å². The van der Waals surface area contributed by atoms with E-state index in [4.69, 9.17) is 10.9 Å². The Balaban J connectivity index is 1.85. The third kappa shape index (κ3) is 3.98. The van der Waals surface area contributed by atoms with E-state index in [-0.39, 0.29) is 17.8 Å². The van der Waals surface area contributed by atoms with Crippen LogP contribution in [0.2, 0.25) is 0 Å². The van der Waals surface area contributed by atoms with Crippen LogP contribution < -0.4 is 11.1 Å². The van der Waals surface area contributed by atoms with Gasteiger partial charge in [0.15, 0.2) is 5.84 Å². The molecule has 0 bridgehead atoms. The fraction of sp³-hybridized carbons (Fsp3) is 0.467. The number of rotatable bonds is 6. The van der Waals surface area contributed by atoms with Crippen LogP contribution in [0.25, 0.3) is 0 Å². The topological polar surface area (TPSA) is 87.7 Å². The molecule has 1 aliphatic rings. The van der Waals surface area contributed by atoms with E-state index >= 15 is 0 Å². The third-order valence-corrected chi connectivity index (χ3v) is 3.57. The molecule has 0 radical (unpaired) electrons. The lowest BCUT2D eigenvalue weighted by Crippen LogP contribution is -2.46. The maximum atomic E-state index is 12.0. The van der Waals surface area contributed by atoms with Gasteiger partial charge in [-0.1, -0.05) is 35.0 Å². The van der Waals surface area contributed by atoms with E-state index in [0.717, 1.165) is 18.4 Å². The number of carbonyl (C=O) groups is 1. The summed E-state index contributed by atoms with van der Waals surface area (Å²) in [6.45, 7) is 2.03. The van der Waals surface area contributed by atoms with E-state index in [0.29, 0.717) is 18.8 Å². The van der Waals surface area contributed by atoms with Crippen LogP contribution in [0.1, 0.15) is 30.4 Å². The van der Waals surface area contributed by atoms with Crippen molar-refractivity contribution >= 4 is 11.7 Å². The Bertz CT molecular complexity index is 510. The second-order valence-electron chi connectivity index (χ2n) is 5.40. The number of benzene rings is 1. The van der Waals surface area contributed by atoms with Crippen molar-refractivity contribution in [3.63, 3.8) is 0 Å². The van der Waals surface area contributed by atoms with Crippen LogP contribution in [-0.2, 0) is 11.2 Å². The second kappa shape index (κ2) is 6.41. The second-order valence-corrected chi connectivity index (χ2v) is 5.40. The molecular weight excluding hydrogens is 254 g/mol. The molecule has 0 spiro atoms. The van der Waals surface area contributed by atoms with Crippen molar-refractivity contribution in [2.24, 2.45) is 16.8 Å². The summed E-state index contributed by atoms with van der Waals surface area (Å²) in [4.78, 5) is 12.0. The molecule has 5 heteroatoms. The summed E-state index contributed by atoms with van der Waals surface area (Å²) < 4.78 is 0. The first-order valence-corrected chi connectivity index (χ1v) is 6.92. The molecule has 1 saturated carbocycles. The number of nitrogens with one attached hydrogen (secondary N) is 1. The monoisotopic (exact) mass is 275 g/mol. The Labute approximate surface area is 118 Å². The molecule has 4 N–H and O–H groups in total. The van der Waals surface area contributed by atoms with Gasteiger partial charge in [0.05, 0.1) is 6.04 Å². The fourth-order valence-electron chi connectivity index (χ4n) is 2.30. The molecule has 0 aromatic heterocycles. The summed E-state index contributed by atoms with van der Waals surface area (Å²) in [7, 11) is 0. The highest BCUT2D eigenvalue weighted by Gasteiger charge is 2.35. The van der Waals surface area contributed by atoms with Gasteiger partial charge >= 0.3 is 0 Å². The highest BCUT2D eigenvalue weighted by molar-refractivity contribution is 5.90. The SMILES string of the molecule is Cc1cccc(CCC(=O)NC(C(N)=NO)C2CC2)c1. The van der Waals surface area contributed by atoms with Gasteiger partial charge in [-0.2, -0.15) is 0 Å². The zero-order valence-electron chi connectivity index (χ0n) is 11.7. The van der Waals surface area contributed by atoms with Crippen molar-refractivity contribution in [1.82, 2.24) is 5.32 Å². The van der Waals surface area contributed by atoms with Crippen molar-refractivity contribution in [1.29, 1.82) is 0 Å². The fourth-order valence-corrected chi connectivity index (χ4v) is 2.30. The van der Waals surface area contributed by atoms with Crippen LogP contribution in [0.5, 0.6) is 0 Å². The third-order valence-electron chi connectivity index (χ3n) is 3.57. The lowest BCUT2D eigenvalue weighted by Gasteiger charge is -2.16. The molecule has 108 valence electrons. The number of carbonyl (C=O) groups excluding carboxylic acids is 1. The van der Waals surface area contributed by atoms with Crippen molar-refractivity contribution in [3.05, 3.63) is 35.4 Å². The van der Waals surface area contributed by atoms with Gasteiger partial charge in [-0.05, 0) is 37.7 Å². The highest BCUT2D eigenvalue weighted by atomic mass is 16.4. The van der Waals surface area contributed by atoms with E-state index in [9.17, 15) is 4.79 Å². The average molecular weight is 275 g/mol. The number of nitrogens with zero attached hydrogens (tertiary/aromatic N) is 1. The van der Waals surface area contributed by atoms with E-state index in [2.05, 4.69) is 16.5 Å². The maximum absolute atomic E-state index is 12.0. The molecule has 1 aromatic carbocycles. The molecule has 0 heterocycles. The van der Waals surface area contributed by atoms with E-state index < -0.39 is 0 Å². The standard InChI is InChI=1S/C15H21N3O2/c1-10-3-2-4-11(9-10)5-8-13(19)17-14(12-6-7-12)15(16)18-20/h2-4,9,12,14,20H,5-8H2,1H3,(H2,16,18)(H,17,19). The minimum atomic E-state index is -0.329. The normalized spacial score (nSPS) is 16.8. The number of hydrogen-bond acceptors (Lipinski definition) is 3. The van der Waals surface area contributed by atoms with Crippen LogP contribution in [0.4, 0.5) is 0 Å². The first-order chi connectivity index (χ1) is 9.60. The summed E-state index contributed by atoms with van der Waals surface area (Å²) in [5.74, 6) is 0.347. The number of hydrogen-bond donors (Lipinski definition) is 3. The quantitative estimate of drug-likeness (QED) is 0.319. The van der Waals surface area contributed by atoms with Crippen LogP contribution >= 0.6 is 0 Å². The van der Waals surface area contributed by atoms with Crippen LogP contribution in [0, 0.1) is 12.8 Å². The molecule has 1 unspecified atom stereocenters. The van der Waals surface area contributed by atoms with Crippen LogP contribution in [-0.4, -0.2) is 23.0 Å². The zero-order chi connectivity index (χ0) is 14.5. The van der Waals surface area contributed by atoms with Crippen LogP contribution in [0.15, 0.2) is 29.4 Å². The van der Waals surface area contributed by atoms with Crippen LogP contribution in [0.3, 0.4) is 0 Å². The molecule has 1 aliphatic carbocycles. The Morgan fingerprint density at radius 1 is 1.55 bits per heavy atom. The van der Waals surface area contributed by atoms with E-state index in [1.165, 1.54) is 5.56 Å². The molecule has 0 saturated heterocycles. The molecule has 1 amide bonds. The summed E-state index contributed by atoms with van der Waals surface area (Å²) in [6.07, 6.45) is 3.13. The van der Waals surface area contributed by atoms with E-state index in [1.54, 1.807) is 0 Å². The summed E-state index contributed by atoms with van der Waals surface area (Å²) in [5, 5.41) is 14.6. The molecule has 1 fully saturated rings. The minimum Gasteiger partial charge on any atom is -0.409 e. The highest BCUT2D eigenvalue weighted by Crippen LogP contribution is 2.32. The molecule has 1 aromatic rings. The number of amidine groups is 1. The minimum absolute atomic E-state index is 0.0602. The Hall–Kier alpha value is -2.04. The Kier molecular flexibility index (Phi) is 4.61. The van der Waals surface area contributed by atoms with E-state index in [1.807, 2.05) is 25.1 Å². The lowest BCUT2D eigenvalue weighted by molar-refractivity contribution is -0.121. The van der Waals surface area contributed by atoms with Gasteiger partial charge in [-0.15, -0.1) is 0 Å². The van der Waals surface area contributed by atoms with Gasteiger partial charge in [0.2, 0.25) is 5.91 Å². The Morgan fingerprint density at radius 3 is 2.90 bits per heavy atom. The predicted octanol–water partition coefficient (Wildman–Crippen LogP) is 1.57. The predicted molar refractivity (Wildman–Crippen MR) is 77.6 cm³/mol. The molecule has 0 aliphatic heterocycles. The molecule has 2 rings (SSSR count). The van der Waals surface area contributed by atoms with Crippen molar-refractivity contribution in [2.45, 2.75) is 38.6 Å². The summed E-state index contributed by atoms with van der Waals surface area (Å²) in [6, 6.07) is 7.79. The van der Waals surface area contributed by atoms with Gasteiger partial charge < -0.3 is 16.3 Å². The lowest BCUT2D eigenvalue weighted by atomic mass is 10.1. The maximum Gasteiger partial charge on any atom is 0.220 e. The Morgan fingerprint density at radius 2 is 2.30 bits per heavy atom.